The summed E-state index contributed by atoms with van der Waals surface area (Å²) in [5.74, 6) is -0.700. The molecule has 84 valence electrons. The second kappa shape index (κ2) is 5.12. The van der Waals surface area contributed by atoms with Gasteiger partial charge >= 0.3 is 0 Å². The molecule has 3 nitrogen and oxygen atoms in total. The Morgan fingerprint density at radius 3 is 2.73 bits per heavy atom. The minimum absolute atomic E-state index is 0.338. The van der Waals surface area contributed by atoms with E-state index in [0.29, 0.717) is 0 Å². The van der Waals surface area contributed by atoms with E-state index in [9.17, 15) is 4.79 Å². The molecule has 1 amide bonds. The van der Waals surface area contributed by atoms with Crippen LogP contribution in [-0.4, -0.2) is 11.4 Å². The molecule has 0 bridgehead atoms. The highest BCUT2D eigenvalue weighted by molar-refractivity contribution is 5.81. The van der Waals surface area contributed by atoms with E-state index in [1.54, 1.807) is 6.08 Å². The molecule has 1 aliphatic carbocycles. The summed E-state index contributed by atoms with van der Waals surface area (Å²) < 4.78 is 0. The first-order chi connectivity index (χ1) is 7.10. The van der Waals surface area contributed by atoms with Crippen LogP contribution in [-0.2, 0) is 4.79 Å². The first-order valence-corrected chi connectivity index (χ1v) is 5.54. The molecule has 2 atom stereocenters. The van der Waals surface area contributed by atoms with E-state index in [-0.39, 0.29) is 11.8 Å². The molecule has 0 spiro atoms. The van der Waals surface area contributed by atoms with Crippen molar-refractivity contribution in [3.8, 4) is 0 Å². The van der Waals surface area contributed by atoms with Crippen LogP contribution in [0.15, 0.2) is 24.3 Å². The van der Waals surface area contributed by atoms with Gasteiger partial charge in [0, 0.05) is 5.54 Å². The summed E-state index contributed by atoms with van der Waals surface area (Å²) in [5.41, 5.74) is 11.0. The van der Waals surface area contributed by atoms with Gasteiger partial charge in [0.1, 0.15) is 0 Å². The molecule has 0 saturated carbocycles. The molecule has 0 aliphatic heterocycles. The van der Waals surface area contributed by atoms with Crippen LogP contribution in [0.1, 0.15) is 32.6 Å². The van der Waals surface area contributed by atoms with Gasteiger partial charge in [0.05, 0.1) is 5.92 Å². The predicted molar refractivity (Wildman–Crippen MR) is 62.0 cm³/mol. The fraction of sp³-hybridized carbons (Fsp3) is 0.583. The Morgan fingerprint density at radius 2 is 2.13 bits per heavy atom. The fourth-order valence-corrected chi connectivity index (χ4v) is 1.97. The molecule has 15 heavy (non-hydrogen) atoms. The van der Waals surface area contributed by atoms with Crippen LogP contribution in [0.25, 0.3) is 0 Å². The summed E-state index contributed by atoms with van der Waals surface area (Å²) in [7, 11) is 0. The normalized spacial score (nSPS) is 29.3. The van der Waals surface area contributed by atoms with Gasteiger partial charge in [-0.1, -0.05) is 50.5 Å². The Morgan fingerprint density at radius 1 is 1.40 bits per heavy atom. The van der Waals surface area contributed by atoms with Crippen molar-refractivity contribution in [3.05, 3.63) is 24.3 Å². The van der Waals surface area contributed by atoms with Gasteiger partial charge in [-0.25, -0.2) is 0 Å². The van der Waals surface area contributed by atoms with E-state index in [4.69, 9.17) is 11.5 Å². The van der Waals surface area contributed by atoms with Crippen molar-refractivity contribution in [3.63, 3.8) is 0 Å². The van der Waals surface area contributed by atoms with Crippen LogP contribution in [0, 0.1) is 5.92 Å². The van der Waals surface area contributed by atoms with Gasteiger partial charge in [-0.15, -0.1) is 0 Å². The Kier molecular flexibility index (Phi) is 4.09. The maximum atomic E-state index is 11.3. The summed E-state index contributed by atoms with van der Waals surface area (Å²) in [5, 5.41) is 0. The molecule has 4 N–H and O–H groups in total. The topological polar surface area (TPSA) is 69.1 Å². The summed E-state index contributed by atoms with van der Waals surface area (Å²) in [6, 6.07) is 0. The van der Waals surface area contributed by atoms with Gasteiger partial charge in [-0.05, 0) is 6.42 Å². The fourth-order valence-electron chi connectivity index (χ4n) is 1.97. The zero-order valence-corrected chi connectivity index (χ0v) is 9.28. The molecule has 0 saturated heterocycles. The second-order valence-corrected chi connectivity index (χ2v) is 4.19. The lowest BCUT2D eigenvalue weighted by atomic mass is 9.77. The van der Waals surface area contributed by atoms with Crippen LogP contribution >= 0.6 is 0 Å². The zero-order valence-electron chi connectivity index (χ0n) is 9.28. The molecule has 0 aromatic heterocycles. The number of hydrogen-bond donors (Lipinski definition) is 2. The average Bonchev–Trinajstić information content (AvgIpc) is 2.18. The lowest BCUT2D eigenvalue weighted by Crippen LogP contribution is -2.50. The summed E-state index contributed by atoms with van der Waals surface area (Å²) >= 11 is 0. The number of carbonyl (C=O) groups is 1. The number of unbranched alkanes of at least 4 members (excludes halogenated alkanes) is 2. The van der Waals surface area contributed by atoms with Crippen LogP contribution in [0.5, 0.6) is 0 Å². The number of rotatable bonds is 5. The largest absolute Gasteiger partial charge is 0.369 e. The molecule has 2 unspecified atom stereocenters. The van der Waals surface area contributed by atoms with E-state index >= 15 is 0 Å². The Labute approximate surface area is 91.2 Å². The van der Waals surface area contributed by atoms with E-state index in [0.717, 1.165) is 25.7 Å². The number of primary amides is 1. The smallest absolute Gasteiger partial charge is 0.226 e. The summed E-state index contributed by atoms with van der Waals surface area (Å²) in [6.07, 6.45) is 11.6. The minimum Gasteiger partial charge on any atom is -0.369 e. The Hall–Kier alpha value is -1.09. The van der Waals surface area contributed by atoms with Gasteiger partial charge in [0.25, 0.3) is 0 Å². The number of nitrogens with two attached hydrogens (primary N) is 2. The van der Waals surface area contributed by atoms with Crippen molar-refractivity contribution in [2.75, 3.05) is 0 Å². The highest BCUT2D eigenvalue weighted by atomic mass is 16.1. The average molecular weight is 208 g/mol. The van der Waals surface area contributed by atoms with Gasteiger partial charge < -0.3 is 11.5 Å². The highest BCUT2D eigenvalue weighted by Crippen LogP contribution is 2.27. The maximum Gasteiger partial charge on any atom is 0.226 e. The Balaban J connectivity index is 2.66. The van der Waals surface area contributed by atoms with Crippen molar-refractivity contribution < 1.29 is 4.79 Å². The predicted octanol–water partition coefficient (Wildman–Crippen LogP) is 1.49. The SMILES string of the molecule is CCCCCC1(N)C=CC=CC1C(N)=O. The Bertz CT molecular complexity index is 283. The first kappa shape index (κ1) is 12.0. The van der Waals surface area contributed by atoms with Crippen molar-refractivity contribution in [1.29, 1.82) is 0 Å². The van der Waals surface area contributed by atoms with Crippen LogP contribution in [0.2, 0.25) is 0 Å². The van der Waals surface area contributed by atoms with Gasteiger partial charge in [-0.3, -0.25) is 4.79 Å². The van der Waals surface area contributed by atoms with Crippen LogP contribution < -0.4 is 11.5 Å². The number of hydrogen-bond acceptors (Lipinski definition) is 2. The molecule has 0 aromatic carbocycles. The third-order valence-electron chi connectivity index (χ3n) is 2.92. The molecule has 3 heteroatoms. The molecular weight excluding hydrogens is 188 g/mol. The summed E-state index contributed by atoms with van der Waals surface area (Å²) in [6.45, 7) is 2.14. The van der Waals surface area contributed by atoms with Gasteiger partial charge in [-0.2, -0.15) is 0 Å². The lowest BCUT2D eigenvalue weighted by Gasteiger charge is -2.33. The molecule has 0 radical (unpaired) electrons. The van der Waals surface area contributed by atoms with Crippen molar-refractivity contribution in [1.82, 2.24) is 0 Å². The van der Waals surface area contributed by atoms with E-state index in [1.807, 2.05) is 18.2 Å². The first-order valence-electron chi connectivity index (χ1n) is 5.54. The zero-order chi connectivity index (χ0) is 11.3. The van der Waals surface area contributed by atoms with Crippen molar-refractivity contribution >= 4 is 5.91 Å². The summed E-state index contributed by atoms with van der Waals surface area (Å²) in [4.78, 5) is 11.3. The highest BCUT2D eigenvalue weighted by Gasteiger charge is 2.35. The molecular formula is C12H20N2O. The molecule has 0 fully saturated rings. The third-order valence-corrected chi connectivity index (χ3v) is 2.92. The van der Waals surface area contributed by atoms with E-state index in [1.165, 1.54) is 0 Å². The van der Waals surface area contributed by atoms with E-state index in [2.05, 4.69) is 6.92 Å². The standard InChI is InChI=1S/C12H20N2O/c1-2-3-5-8-12(14)9-6-4-7-10(12)11(13)15/h4,6-7,9-10H,2-3,5,8,14H2,1H3,(H2,13,15). The molecule has 1 aliphatic rings. The number of allylic oxidation sites excluding steroid dienone is 2. The van der Waals surface area contributed by atoms with Crippen molar-refractivity contribution in [2.24, 2.45) is 17.4 Å². The number of amides is 1. The van der Waals surface area contributed by atoms with E-state index < -0.39 is 5.54 Å². The molecule has 0 heterocycles. The molecule has 1 rings (SSSR count). The van der Waals surface area contributed by atoms with Gasteiger partial charge in [0.15, 0.2) is 0 Å². The third kappa shape index (κ3) is 2.93. The molecule has 0 aromatic rings. The van der Waals surface area contributed by atoms with Crippen LogP contribution in [0.3, 0.4) is 0 Å². The van der Waals surface area contributed by atoms with Crippen molar-refractivity contribution in [2.45, 2.75) is 38.1 Å². The second-order valence-electron chi connectivity index (χ2n) is 4.19. The van der Waals surface area contributed by atoms with Crippen LogP contribution in [0.4, 0.5) is 0 Å². The quantitative estimate of drug-likeness (QED) is 0.672. The monoisotopic (exact) mass is 208 g/mol. The minimum atomic E-state index is -0.574. The lowest BCUT2D eigenvalue weighted by molar-refractivity contribution is -0.121. The maximum absolute atomic E-state index is 11.3. The number of carbonyl (C=O) groups excluding carboxylic acids is 1. The van der Waals surface area contributed by atoms with Gasteiger partial charge in [0.2, 0.25) is 5.91 Å².